The minimum absolute atomic E-state index is 0.512. The maximum absolute atomic E-state index is 5.43. The second-order valence-electron chi connectivity index (χ2n) is 7.93. The molecule has 28 heavy (non-hydrogen) atoms. The van der Waals surface area contributed by atoms with E-state index in [-0.39, 0.29) is 0 Å². The number of guanidine groups is 1. The first-order valence-corrected chi connectivity index (χ1v) is 10.7. The zero-order valence-electron chi connectivity index (χ0n) is 18.4. The third-order valence-corrected chi connectivity index (χ3v) is 5.13. The highest BCUT2D eigenvalue weighted by molar-refractivity contribution is 5.79. The number of nitrogens with one attached hydrogen (secondary N) is 2. The molecule has 8 heteroatoms. The molecule has 160 valence electrons. The first-order valence-electron chi connectivity index (χ1n) is 10.7. The molecule has 1 aliphatic rings. The summed E-state index contributed by atoms with van der Waals surface area (Å²) in [6.45, 7) is 14.7. The Kier molecular flexibility index (Phi) is 9.70. The molecule has 0 unspecified atom stereocenters. The first-order chi connectivity index (χ1) is 13.5. The monoisotopic (exact) mass is 393 g/mol. The van der Waals surface area contributed by atoms with Crippen LogP contribution in [0, 0.1) is 12.8 Å². The molecule has 0 amide bonds. The van der Waals surface area contributed by atoms with E-state index < -0.39 is 0 Å². The van der Waals surface area contributed by atoms with Crippen LogP contribution in [0.15, 0.2) is 4.99 Å². The van der Waals surface area contributed by atoms with Crippen molar-refractivity contribution in [3.05, 3.63) is 11.6 Å². The molecule has 1 fully saturated rings. The second-order valence-corrected chi connectivity index (χ2v) is 7.93. The molecule has 1 atom stereocenters. The van der Waals surface area contributed by atoms with Crippen molar-refractivity contribution in [2.75, 3.05) is 39.4 Å². The zero-order valence-corrected chi connectivity index (χ0v) is 18.4. The van der Waals surface area contributed by atoms with Gasteiger partial charge in [0.25, 0.3) is 0 Å². The number of aryl methyl sites for hydroxylation is 1. The van der Waals surface area contributed by atoms with E-state index in [1.165, 1.54) is 25.9 Å². The van der Waals surface area contributed by atoms with Crippen molar-refractivity contribution < 1.29 is 4.74 Å². The highest BCUT2D eigenvalue weighted by Crippen LogP contribution is 2.17. The van der Waals surface area contributed by atoms with Crippen molar-refractivity contribution in [3.8, 4) is 0 Å². The van der Waals surface area contributed by atoms with Crippen LogP contribution in [0.3, 0.4) is 0 Å². The summed E-state index contributed by atoms with van der Waals surface area (Å²) in [5.41, 5.74) is 0. The topological polar surface area (TPSA) is 79.6 Å². The van der Waals surface area contributed by atoms with Gasteiger partial charge in [-0.3, -0.25) is 4.90 Å². The number of aliphatic imine (C=N–C) groups is 1. The van der Waals surface area contributed by atoms with Gasteiger partial charge in [-0.15, -0.1) is 10.2 Å². The Morgan fingerprint density at radius 3 is 2.82 bits per heavy atom. The largest absolute Gasteiger partial charge is 0.382 e. The molecule has 8 nitrogen and oxygen atoms in total. The van der Waals surface area contributed by atoms with E-state index >= 15 is 0 Å². The maximum atomic E-state index is 5.43. The Hall–Kier alpha value is -1.67. The van der Waals surface area contributed by atoms with Crippen LogP contribution in [-0.4, -0.2) is 71.1 Å². The zero-order chi connectivity index (χ0) is 20.4. The summed E-state index contributed by atoms with van der Waals surface area (Å²) in [5, 5.41) is 15.3. The molecule has 0 radical (unpaired) electrons. The third kappa shape index (κ3) is 7.39. The SMILES string of the molecule is CCOCCCNC(=NCc1nnc(C)n1C)NC[C@H]1CCCN1CC(C)C. The fraction of sp³-hybridized carbons (Fsp3) is 0.850. The summed E-state index contributed by atoms with van der Waals surface area (Å²) in [7, 11) is 1.98. The van der Waals surface area contributed by atoms with Gasteiger partial charge in [0.1, 0.15) is 12.4 Å². The van der Waals surface area contributed by atoms with Gasteiger partial charge in [-0.25, -0.2) is 4.99 Å². The Bertz CT molecular complexity index is 599. The number of rotatable bonds is 11. The molecule has 2 heterocycles. The lowest BCUT2D eigenvalue weighted by molar-refractivity contribution is 0.145. The number of aromatic nitrogens is 3. The van der Waals surface area contributed by atoms with Crippen molar-refractivity contribution in [3.63, 3.8) is 0 Å². The predicted octanol–water partition coefficient (Wildman–Crippen LogP) is 1.71. The standard InChI is InChI=1S/C20H39N7O/c1-6-28-12-8-10-21-20(23-14-19-25-24-17(4)26(19)5)22-13-18-9-7-11-27(18)15-16(2)3/h16,18H,6-15H2,1-5H3,(H2,21,22,23)/t18-/m1/s1. The van der Waals surface area contributed by atoms with Gasteiger partial charge >= 0.3 is 0 Å². The van der Waals surface area contributed by atoms with E-state index in [9.17, 15) is 0 Å². The molecule has 1 aromatic rings. The Labute approximate surface area is 170 Å². The highest BCUT2D eigenvalue weighted by atomic mass is 16.5. The summed E-state index contributed by atoms with van der Waals surface area (Å²) < 4.78 is 7.41. The van der Waals surface area contributed by atoms with E-state index in [0.717, 1.165) is 50.3 Å². The van der Waals surface area contributed by atoms with Crippen LogP contribution in [0.5, 0.6) is 0 Å². The van der Waals surface area contributed by atoms with E-state index in [1.54, 1.807) is 0 Å². The summed E-state index contributed by atoms with van der Waals surface area (Å²) in [6.07, 6.45) is 3.49. The lowest BCUT2D eigenvalue weighted by Crippen LogP contribution is -2.46. The molecule has 2 rings (SSSR count). The number of hydrogen-bond donors (Lipinski definition) is 2. The molecular weight excluding hydrogens is 354 g/mol. The van der Waals surface area contributed by atoms with Crippen molar-refractivity contribution in [2.24, 2.45) is 18.0 Å². The number of likely N-dealkylation sites (tertiary alicyclic amines) is 1. The van der Waals surface area contributed by atoms with Gasteiger partial charge in [-0.05, 0) is 45.6 Å². The quantitative estimate of drug-likeness (QED) is 0.338. The molecule has 0 aliphatic carbocycles. The van der Waals surface area contributed by atoms with Crippen LogP contribution in [-0.2, 0) is 18.3 Å². The second kappa shape index (κ2) is 12.0. The van der Waals surface area contributed by atoms with Gasteiger partial charge in [-0.2, -0.15) is 0 Å². The lowest BCUT2D eigenvalue weighted by atomic mass is 10.1. The van der Waals surface area contributed by atoms with Gasteiger partial charge in [-0.1, -0.05) is 13.8 Å². The lowest BCUT2D eigenvalue weighted by Gasteiger charge is -2.27. The average Bonchev–Trinajstić information content (AvgIpc) is 3.23. The van der Waals surface area contributed by atoms with Crippen LogP contribution in [0.1, 0.15) is 51.7 Å². The minimum Gasteiger partial charge on any atom is -0.382 e. The van der Waals surface area contributed by atoms with Crippen molar-refractivity contribution in [1.82, 2.24) is 30.3 Å². The molecular formula is C20H39N7O. The summed E-state index contributed by atoms with van der Waals surface area (Å²) in [6, 6.07) is 0.579. The predicted molar refractivity (Wildman–Crippen MR) is 113 cm³/mol. The Morgan fingerprint density at radius 1 is 1.32 bits per heavy atom. The third-order valence-electron chi connectivity index (χ3n) is 5.13. The summed E-state index contributed by atoms with van der Waals surface area (Å²) in [5.74, 6) is 3.31. The van der Waals surface area contributed by atoms with Crippen molar-refractivity contribution >= 4 is 5.96 Å². The van der Waals surface area contributed by atoms with Crippen LogP contribution >= 0.6 is 0 Å². The molecule has 0 bridgehead atoms. The van der Waals surface area contributed by atoms with Gasteiger partial charge < -0.3 is 19.9 Å². The van der Waals surface area contributed by atoms with Crippen molar-refractivity contribution in [1.29, 1.82) is 0 Å². The normalized spacial score (nSPS) is 18.2. The van der Waals surface area contributed by atoms with Crippen molar-refractivity contribution in [2.45, 2.75) is 59.5 Å². The molecule has 2 N–H and O–H groups in total. The van der Waals surface area contributed by atoms with Gasteiger partial charge in [0.05, 0.1) is 0 Å². The minimum atomic E-state index is 0.512. The van der Waals surface area contributed by atoms with Crippen LogP contribution in [0.25, 0.3) is 0 Å². The molecule has 0 spiro atoms. The smallest absolute Gasteiger partial charge is 0.191 e. The fourth-order valence-electron chi connectivity index (χ4n) is 3.49. The molecule has 0 aromatic carbocycles. The van der Waals surface area contributed by atoms with E-state index in [0.29, 0.717) is 18.5 Å². The average molecular weight is 394 g/mol. The summed E-state index contributed by atoms with van der Waals surface area (Å²) >= 11 is 0. The number of hydrogen-bond acceptors (Lipinski definition) is 5. The molecule has 1 saturated heterocycles. The van der Waals surface area contributed by atoms with Gasteiger partial charge in [0.2, 0.25) is 0 Å². The Morgan fingerprint density at radius 2 is 2.14 bits per heavy atom. The highest BCUT2D eigenvalue weighted by Gasteiger charge is 2.24. The van der Waals surface area contributed by atoms with Crippen LogP contribution in [0.2, 0.25) is 0 Å². The molecule has 1 aromatic heterocycles. The van der Waals surface area contributed by atoms with Gasteiger partial charge in [0.15, 0.2) is 11.8 Å². The maximum Gasteiger partial charge on any atom is 0.191 e. The Balaban J connectivity index is 1.91. The molecule has 1 aliphatic heterocycles. The number of nitrogens with zero attached hydrogens (tertiary/aromatic N) is 5. The fourth-order valence-corrected chi connectivity index (χ4v) is 3.49. The number of ether oxygens (including phenoxy) is 1. The summed E-state index contributed by atoms with van der Waals surface area (Å²) in [4.78, 5) is 7.35. The van der Waals surface area contributed by atoms with E-state index in [2.05, 4.69) is 39.6 Å². The molecule has 0 saturated carbocycles. The van der Waals surface area contributed by atoms with Gasteiger partial charge in [0, 0.05) is 45.9 Å². The van der Waals surface area contributed by atoms with E-state index in [1.807, 2.05) is 25.5 Å². The first kappa shape index (κ1) is 22.6. The van der Waals surface area contributed by atoms with Crippen LogP contribution < -0.4 is 10.6 Å². The van der Waals surface area contributed by atoms with E-state index in [4.69, 9.17) is 9.73 Å². The van der Waals surface area contributed by atoms with Crippen LogP contribution in [0.4, 0.5) is 0 Å².